The van der Waals surface area contributed by atoms with E-state index >= 15 is 0 Å². The van der Waals surface area contributed by atoms with Crippen LogP contribution in [0.5, 0.6) is 0 Å². The molecule has 20 heavy (non-hydrogen) atoms. The van der Waals surface area contributed by atoms with Gasteiger partial charge in [-0.3, -0.25) is 0 Å². The number of nitrogens with zero attached hydrogens (tertiary/aromatic N) is 5. The van der Waals surface area contributed by atoms with Gasteiger partial charge in [0.1, 0.15) is 6.54 Å². The summed E-state index contributed by atoms with van der Waals surface area (Å²) >= 11 is 0. The molecule has 0 radical (unpaired) electrons. The fraction of sp³-hybridized carbons (Fsp3) is 0.545. The maximum absolute atomic E-state index is 11.3. The second-order valence-corrected chi connectivity index (χ2v) is 4.66. The van der Waals surface area contributed by atoms with Crippen molar-refractivity contribution in [3.05, 3.63) is 23.6 Å². The zero-order valence-corrected chi connectivity index (χ0v) is 10.7. The maximum atomic E-state index is 11.3. The SMILES string of the molecule is O=C(O)c1nnn(Cc2ncon2)c1C1CCNCC1. The molecule has 0 amide bonds. The molecule has 1 aliphatic heterocycles. The highest BCUT2D eigenvalue weighted by Crippen LogP contribution is 2.27. The van der Waals surface area contributed by atoms with E-state index in [0.717, 1.165) is 25.9 Å². The van der Waals surface area contributed by atoms with Gasteiger partial charge in [-0.05, 0) is 25.9 Å². The Morgan fingerprint density at radius 2 is 2.30 bits per heavy atom. The molecular formula is C11H14N6O3. The third-order valence-electron chi connectivity index (χ3n) is 3.40. The Hall–Kier alpha value is -2.29. The lowest BCUT2D eigenvalue weighted by molar-refractivity contribution is 0.0688. The van der Waals surface area contributed by atoms with Crippen LogP contribution in [-0.2, 0) is 6.54 Å². The number of hydrogen-bond acceptors (Lipinski definition) is 7. The summed E-state index contributed by atoms with van der Waals surface area (Å²) in [4.78, 5) is 15.2. The molecule has 0 atom stereocenters. The molecule has 0 spiro atoms. The molecular weight excluding hydrogens is 264 g/mol. The van der Waals surface area contributed by atoms with Crippen molar-refractivity contribution >= 4 is 5.97 Å². The van der Waals surface area contributed by atoms with Crippen molar-refractivity contribution in [1.82, 2.24) is 30.5 Å². The predicted octanol–water partition coefficient (Wildman–Crippen LogP) is -0.125. The molecule has 1 saturated heterocycles. The van der Waals surface area contributed by atoms with E-state index in [1.54, 1.807) is 4.68 Å². The maximum Gasteiger partial charge on any atom is 0.358 e. The van der Waals surface area contributed by atoms with Gasteiger partial charge in [-0.1, -0.05) is 10.4 Å². The Kier molecular flexibility index (Phi) is 3.42. The lowest BCUT2D eigenvalue weighted by Crippen LogP contribution is -2.29. The van der Waals surface area contributed by atoms with Crippen molar-refractivity contribution in [1.29, 1.82) is 0 Å². The Morgan fingerprint density at radius 3 is 2.95 bits per heavy atom. The largest absolute Gasteiger partial charge is 0.476 e. The monoisotopic (exact) mass is 278 g/mol. The van der Waals surface area contributed by atoms with Crippen LogP contribution in [0.15, 0.2) is 10.9 Å². The van der Waals surface area contributed by atoms with Crippen LogP contribution in [0.2, 0.25) is 0 Å². The molecule has 1 fully saturated rings. The first-order valence-electron chi connectivity index (χ1n) is 6.38. The molecule has 2 aromatic rings. The summed E-state index contributed by atoms with van der Waals surface area (Å²) < 4.78 is 6.24. The van der Waals surface area contributed by atoms with Crippen LogP contribution in [0.1, 0.15) is 40.8 Å². The molecule has 0 unspecified atom stereocenters. The molecule has 1 aliphatic rings. The van der Waals surface area contributed by atoms with Crippen LogP contribution in [0, 0.1) is 0 Å². The van der Waals surface area contributed by atoms with E-state index in [1.807, 2.05) is 0 Å². The van der Waals surface area contributed by atoms with Gasteiger partial charge in [0, 0.05) is 5.92 Å². The van der Waals surface area contributed by atoms with Gasteiger partial charge in [0.25, 0.3) is 0 Å². The highest BCUT2D eigenvalue weighted by atomic mass is 16.5. The fourth-order valence-corrected chi connectivity index (χ4v) is 2.48. The highest BCUT2D eigenvalue weighted by molar-refractivity contribution is 5.86. The smallest absolute Gasteiger partial charge is 0.358 e. The topological polar surface area (TPSA) is 119 Å². The van der Waals surface area contributed by atoms with Crippen LogP contribution in [0.4, 0.5) is 0 Å². The molecule has 3 rings (SSSR count). The van der Waals surface area contributed by atoms with Gasteiger partial charge in [0.15, 0.2) is 11.5 Å². The van der Waals surface area contributed by atoms with Crippen LogP contribution >= 0.6 is 0 Å². The second-order valence-electron chi connectivity index (χ2n) is 4.66. The van der Waals surface area contributed by atoms with Gasteiger partial charge in [0.2, 0.25) is 6.39 Å². The van der Waals surface area contributed by atoms with Crippen LogP contribution in [-0.4, -0.2) is 49.3 Å². The van der Waals surface area contributed by atoms with Crippen molar-refractivity contribution in [2.75, 3.05) is 13.1 Å². The Morgan fingerprint density at radius 1 is 1.50 bits per heavy atom. The number of hydrogen-bond donors (Lipinski definition) is 2. The van der Waals surface area contributed by atoms with Gasteiger partial charge in [-0.25, -0.2) is 9.48 Å². The number of carboxylic acids is 1. The minimum absolute atomic E-state index is 0.0143. The van der Waals surface area contributed by atoms with Crippen LogP contribution in [0.3, 0.4) is 0 Å². The van der Waals surface area contributed by atoms with E-state index in [0.29, 0.717) is 11.5 Å². The Balaban J connectivity index is 1.94. The zero-order valence-electron chi connectivity index (χ0n) is 10.7. The van der Waals surface area contributed by atoms with Crippen molar-refractivity contribution in [3.63, 3.8) is 0 Å². The van der Waals surface area contributed by atoms with E-state index in [-0.39, 0.29) is 18.2 Å². The van der Waals surface area contributed by atoms with Gasteiger partial charge in [0.05, 0.1) is 5.69 Å². The summed E-state index contributed by atoms with van der Waals surface area (Å²) in [5.41, 5.74) is 0.657. The molecule has 3 heterocycles. The van der Waals surface area contributed by atoms with E-state index in [2.05, 4.69) is 30.3 Å². The number of piperidine rings is 1. The van der Waals surface area contributed by atoms with Crippen molar-refractivity contribution < 1.29 is 14.4 Å². The van der Waals surface area contributed by atoms with Crippen LogP contribution in [0.25, 0.3) is 0 Å². The molecule has 0 aromatic carbocycles. The first-order valence-corrected chi connectivity index (χ1v) is 6.38. The lowest BCUT2D eigenvalue weighted by atomic mass is 9.93. The molecule has 0 aliphatic carbocycles. The quantitative estimate of drug-likeness (QED) is 0.794. The third kappa shape index (κ3) is 2.39. The fourth-order valence-electron chi connectivity index (χ4n) is 2.48. The first-order chi connectivity index (χ1) is 9.75. The summed E-state index contributed by atoms with van der Waals surface area (Å²) in [6.45, 7) is 1.98. The predicted molar refractivity (Wildman–Crippen MR) is 65.2 cm³/mol. The van der Waals surface area contributed by atoms with Crippen molar-refractivity contribution in [3.8, 4) is 0 Å². The molecule has 106 valence electrons. The van der Waals surface area contributed by atoms with Gasteiger partial charge in [-0.15, -0.1) is 5.10 Å². The number of carbonyl (C=O) groups is 1. The van der Waals surface area contributed by atoms with E-state index < -0.39 is 5.97 Å². The third-order valence-corrected chi connectivity index (χ3v) is 3.40. The Labute approximate surface area is 114 Å². The summed E-state index contributed by atoms with van der Waals surface area (Å²) in [7, 11) is 0. The average molecular weight is 278 g/mol. The minimum Gasteiger partial charge on any atom is -0.476 e. The summed E-state index contributed by atoms with van der Waals surface area (Å²) in [6, 6.07) is 0. The molecule has 2 aromatic heterocycles. The zero-order chi connectivity index (χ0) is 13.9. The number of carboxylic acid groups (broad SMARTS) is 1. The average Bonchev–Trinajstić information content (AvgIpc) is 3.09. The van der Waals surface area contributed by atoms with E-state index in [1.165, 1.54) is 6.39 Å². The van der Waals surface area contributed by atoms with Gasteiger partial charge >= 0.3 is 5.97 Å². The molecule has 2 N–H and O–H groups in total. The summed E-state index contributed by atoms with van der Waals surface area (Å²) in [6.07, 6.45) is 2.95. The molecule has 9 heteroatoms. The van der Waals surface area contributed by atoms with Gasteiger partial charge in [-0.2, -0.15) is 4.98 Å². The van der Waals surface area contributed by atoms with Crippen molar-refractivity contribution in [2.45, 2.75) is 25.3 Å². The minimum atomic E-state index is -1.06. The molecule has 9 nitrogen and oxygen atoms in total. The standard InChI is InChI=1S/C11H14N6O3/c18-11(19)9-10(7-1-3-12-4-2-7)17(16-14-9)5-8-13-6-20-15-8/h6-7,12H,1-5H2,(H,18,19). The van der Waals surface area contributed by atoms with Crippen LogP contribution < -0.4 is 5.32 Å². The number of rotatable bonds is 4. The first kappa shape index (κ1) is 12.7. The Bertz CT molecular complexity index is 587. The second kappa shape index (κ2) is 5.37. The summed E-state index contributed by atoms with van der Waals surface area (Å²) in [5, 5.41) is 23.9. The summed E-state index contributed by atoms with van der Waals surface area (Å²) in [5.74, 6) is -0.482. The number of nitrogens with one attached hydrogen (secondary N) is 1. The highest BCUT2D eigenvalue weighted by Gasteiger charge is 2.28. The van der Waals surface area contributed by atoms with E-state index in [9.17, 15) is 9.90 Å². The molecule has 0 bridgehead atoms. The normalized spacial score (nSPS) is 16.4. The lowest BCUT2D eigenvalue weighted by Gasteiger charge is -2.23. The van der Waals surface area contributed by atoms with Crippen molar-refractivity contribution in [2.24, 2.45) is 0 Å². The van der Waals surface area contributed by atoms with Gasteiger partial charge < -0.3 is 14.9 Å². The van der Waals surface area contributed by atoms with E-state index in [4.69, 9.17) is 0 Å². The number of aromatic nitrogens is 5. The molecule has 0 saturated carbocycles. The number of aromatic carboxylic acids is 1.